The van der Waals surface area contributed by atoms with Crippen LogP contribution in [-0.4, -0.2) is 23.2 Å². The van der Waals surface area contributed by atoms with Crippen LogP contribution in [0.15, 0.2) is 33.5 Å². The minimum atomic E-state index is -0.759. The van der Waals surface area contributed by atoms with Crippen molar-refractivity contribution in [3.8, 4) is 5.75 Å². The van der Waals surface area contributed by atoms with Gasteiger partial charge in [0.05, 0.1) is 0 Å². The summed E-state index contributed by atoms with van der Waals surface area (Å²) in [6.45, 7) is 3.45. The number of hydrogen-bond acceptors (Lipinski definition) is 5. The van der Waals surface area contributed by atoms with E-state index in [-0.39, 0.29) is 5.91 Å². The van der Waals surface area contributed by atoms with Gasteiger partial charge in [0.25, 0.3) is 5.91 Å². The van der Waals surface area contributed by atoms with Gasteiger partial charge in [-0.15, -0.1) is 0 Å². The highest BCUT2D eigenvalue weighted by Crippen LogP contribution is 2.23. The van der Waals surface area contributed by atoms with Crippen molar-refractivity contribution in [2.24, 2.45) is 0 Å². The quantitative estimate of drug-likeness (QED) is 0.432. The van der Waals surface area contributed by atoms with Crippen molar-refractivity contribution in [3.05, 3.63) is 40.2 Å². The first-order chi connectivity index (χ1) is 11.9. The number of carbonyl (C=O) groups excluding carboxylic acids is 1. The Balaban J connectivity index is 1.60. The average molecular weight is 361 g/mol. The van der Waals surface area contributed by atoms with E-state index in [4.69, 9.17) is 21.4 Å². The lowest BCUT2D eigenvalue weighted by molar-refractivity contribution is -0.127. The summed E-state index contributed by atoms with van der Waals surface area (Å²) in [6, 6.07) is 6.96. The van der Waals surface area contributed by atoms with Crippen molar-refractivity contribution in [1.29, 1.82) is 0 Å². The summed E-state index contributed by atoms with van der Waals surface area (Å²) >= 11 is 5.06. The molecule has 25 heavy (non-hydrogen) atoms. The van der Waals surface area contributed by atoms with Crippen LogP contribution < -0.4 is 26.5 Å². The molecule has 0 aliphatic heterocycles. The molecule has 1 atom stereocenters. The molecule has 8 heteroatoms. The van der Waals surface area contributed by atoms with Gasteiger partial charge in [0.2, 0.25) is 0 Å². The Morgan fingerprint density at radius 1 is 1.32 bits per heavy atom. The standard InChI is InChI=1S/C17H19N3O4S/c1-9-7-15(21)24-14-8-12(5-6-13(9)14)23-10(2)16(22)19-20-17(25)18-11-3-4-11/h5-8,10-11H,3-4H2,1-2H3,(H,19,22)(H2,18,20,25)/t10-/m1/s1. The Labute approximate surface area is 149 Å². The van der Waals surface area contributed by atoms with E-state index in [1.807, 2.05) is 6.92 Å². The Bertz CT molecular complexity index is 876. The third-order valence-electron chi connectivity index (χ3n) is 3.82. The number of amides is 1. The number of carbonyl (C=O) groups is 1. The Kier molecular flexibility index (Phi) is 4.89. The number of benzene rings is 1. The fourth-order valence-electron chi connectivity index (χ4n) is 2.31. The Morgan fingerprint density at radius 3 is 2.80 bits per heavy atom. The van der Waals surface area contributed by atoms with Crippen LogP contribution in [0.5, 0.6) is 5.75 Å². The molecule has 7 nitrogen and oxygen atoms in total. The van der Waals surface area contributed by atoms with Crippen molar-refractivity contribution in [2.45, 2.75) is 38.8 Å². The third-order valence-corrected chi connectivity index (χ3v) is 4.04. The second-order valence-electron chi connectivity index (χ2n) is 6.03. The number of nitrogens with one attached hydrogen (secondary N) is 3. The maximum atomic E-state index is 12.1. The van der Waals surface area contributed by atoms with Crippen LogP contribution in [0.25, 0.3) is 11.0 Å². The number of fused-ring (bicyclic) bond motifs is 1. The molecule has 1 heterocycles. The van der Waals surface area contributed by atoms with E-state index in [1.54, 1.807) is 25.1 Å². The van der Waals surface area contributed by atoms with Gasteiger partial charge in [0, 0.05) is 23.6 Å². The van der Waals surface area contributed by atoms with Crippen LogP contribution in [-0.2, 0) is 4.79 Å². The molecule has 1 amide bonds. The molecule has 1 saturated carbocycles. The van der Waals surface area contributed by atoms with Crippen molar-refractivity contribution >= 4 is 34.2 Å². The minimum Gasteiger partial charge on any atom is -0.481 e. The van der Waals surface area contributed by atoms with Crippen LogP contribution >= 0.6 is 12.2 Å². The first kappa shape index (κ1) is 17.2. The molecule has 132 valence electrons. The Morgan fingerprint density at radius 2 is 2.08 bits per heavy atom. The van der Waals surface area contributed by atoms with Crippen molar-refractivity contribution in [3.63, 3.8) is 0 Å². The molecule has 1 aliphatic carbocycles. The highest BCUT2D eigenvalue weighted by Gasteiger charge is 2.22. The largest absolute Gasteiger partial charge is 0.481 e. The second kappa shape index (κ2) is 7.10. The van der Waals surface area contributed by atoms with Gasteiger partial charge >= 0.3 is 5.63 Å². The van der Waals surface area contributed by atoms with E-state index in [0.29, 0.717) is 22.5 Å². The molecule has 0 spiro atoms. The summed E-state index contributed by atoms with van der Waals surface area (Å²) in [6.07, 6.45) is 1.42. The van der Waals surface area contributed by atoms with Gasteiger partial charge in [-0.2, -0.15) is 0 Å². The van der Waals surface area contributed by atoms with Crippen LogP contribution in [0.1, 0.15) is 25.3 Å². The van der Waals surface area contributed by atoms with Crippen LogP contribution in [0, 0.1) is 6.92 Å². The van der Waals surface area contributed by atoms with Gasteiger partial charge in [-0.05, 0) is 56.6 Å². The maximum absolute atomic E-state index is 12.1. The van der Waals surface area contributed by atoms with E-state index >= 15 is 0 Å². The monoisotopic (exact) mass is 361 g/mol. The summed E-state index contributed by atoms with van der Waals surface area (Å²) in [5.74, 6) is 0.0633. The van der Waals surface area contributed by atoms with Gasteiger partial charge in [-0.1, -0.05) is 0 Å². The normalized spacial score (nSPS) is 14.6. The smallest absolute Gasteiger partial charge is 0.336 e. The molecule has 0 bridgehead atoms. The zero-order valence-electron chi connectivity index (χ0n) is 13.9. The van der Waals surface area contributed by atoms with Gasteiger partial charge in [0.15, 0.2) is 11.2 Å². The van der Waals surface area contributed by atoms with Crippen molar-refractivity contribution in [2.75, 3.05) is 0 Å². The van der Waals surface area contributed by atoms with Crippen LogP contribution in [0.2, 0.25) is 0 Å². The molecule has 3 N–H and O–H groups in total. The molecule has 2 aromatic rings. The van der Waals surface area contributed by atoms with Crippen molar-refractivity contribution < 1.29 is 13.9 Å². The van der Waals surface area contributed by atoms with Gasteiger partial charge in [-0.25, -0.2) is 4.79 Å². The topological polar surface area (TPSA) is 92.6 Å². The second-order valence-corrected chi connectivity index (χ2v) is 6.44. The molecule has 0 radical (unpaired) electrons. The summed E-state index contributed by atoms with van der Waals surface area (Å²) in [4.78, 5) is 23.5. The molecule has 0 unspecified atom stereocenters. The van der Waals surface area contributed by atoms with Crippen molar-refractivity contribution in [1.82, 2.24) is 16.2 Å². The van der Waals surface area contributed by atoms with Gasteiger partial charge < -0.3 is 14.5 Å². The highest BCUT2D eigenvalue weighted by molar-refractivity contribution is 7.80. The molecule has 1 fully saturated rings. The summed E-state index contributed by atoms with van der Waals surface area (Å²) in [5.41, 5.74) is 5.97. The summed E-state index contributed by atoms with van der Waals surface area (Å²) < 4.78 is 10.8. The lowest BCUT2D eigenvalue weighted by Gasteiger charge is -2.16. The predicted molar refractivity (Wildman–Crippen MR) is 97.3 cm³/mol. The number of hydrogen-bond donors (Lipinski definition) is 3. The summed E-state index contributed by atoms with van der Waals surface area (Å²) in [7, 11) is 0. The number of hydrazine groups is 1. The zero-order valence-corrected chi connectivity index (χ0v) is 14.7. The van der Waals surface area contributed by atoms with E-state index in [9.17, 15) is 9.59 Å². The minimum absolute atomic E-state index is 0.370. The van der Waals surface area contributed by atoms with Crippen LogP contribution in [0.4, 0.5) is 0 Å². The molecule has 1 aliphatic rings. The Hall–Kier alpha value is -2.61. The molecule has 1 aromatic heterocycles. The number of thiocarbonyl (C=S) groups is 1. The molecular weight excluding hydrogens is 342 g/mol. The number of ether oxygens (including phenoxy) is 1. The molecular formula is C17H19N3O4S. The summed E-state index contributed by atoms with van der Waals surface area (Å²) in [5, 5.41) is 4.25. The first-order valence-electron chi connectivity index (χ1n) is 8.00. The average Bonchev–Trinajstić information content (AvgIpc) is 3.35. The predicted octanol–water partition coefficient (Wildman–Crippen LogP) is 1.53. The molecule has 0 saturated heterocycles. The number of rotatable bonds is 4. The van der Waals surface area contributed by atoms with Crippen LogP contribution in [0.3, 0.4) is 0 Å². The fourth-order valence-corrected chi connectivity index (χ4v) is 2.52. The molecule has 3 rings (SSSR count). The number of aryl methyl sites for hydroxylation is 1. The lowest BCUT2D eigenvalue weighted by atomic mass is 10.1. The van der Waals surface area contributed by atoms with Gasteiger partial charge in [0.1, 0.15) is 11.3 Å². The van der Waals surface area contributed by atoms with E-state index in [2.05, 4.69) is 16.2 Å². The van der Waals surface area contributed by atoms with E-state index in [1.165, 1.54) is 6.07 Å². The van der Waals surface area contributed by atoms with Gasteiger partial charge in [-0.3, -0.25) is 15.6 Å². The zero-order chi connectivity index (χ0) is 18.0. The maximum Gasteiger partial charge on any atom is 0.336 e. The third kappa shape index (κ3) is 4.48. The van der Waals surface area contributed by atoms with E-state index in [0.717, 1.165) is 23.8 Å². The van der Waals surface area contributed by atoms with E-state index < -0.39 is 11.7 Å². The first-order valence-corrected chi connectivity index (χ1v) is 8.41. The highest BCUT2D eigenvalue weighted by atomic mass is 32.1. The fraction of sp³-hybridized carbons (Fsp3) is 0.353. The molecule has 1 aromatic carbocycles. The lowest BCUT2D eigenvalue weighted by Crippen LogP contribution is -2.50. The SMILES string of the molecule is Cc1cc(=O)oc2cc(O[C@H](C)C(=O)NNC(=S)NC3CC3)ccc12.